The SMILES string of the molecule is CCOc1ccc([C@@H]2C(C(=O)Nc3ccccc3)=C(C)N=c3s/c(=C\c4ccc(OC(C)=O)c(OC)c4)c(=O)n32)cc1. The van der Waals surface area contributed by atoms with E-state index in [1.165, 1.54) is 25.4 Å². The van der Waals surface area contributed by atoms with E-state index in [4.69, 9.17) is 14.2 Å². The van der Waals surface area contributed by atoms with Crippen molar-refractivity contribution in [2.75, 3.05) is 19.0 Å². The maximum Gasteiger partial charge on any atom is 0.308 e. The lowest BCUT2D eigenvalue weighted by Gasteiger charge is -2.25. The van der Waals surface area contributed by atoms with Crippen LogP contribution in [0, 0.1) is 0 Å². The van der Waals surface area contributed by atoms with Crippen molar-refractivity contribution in [2.24, 2.45) is 4.99 Å². The summed E-state index contributed by atoms with van der Waals surface area (Å²) >= 11 is 1.23. The Hall–Kier alpha value is -4.96. The van der Waals surface area contributed by atoms with Gasteiger partial charge < -0.3 is 19.5 Å². The lowest BCUT2D eigenvalue weighted by Crippen LogP contribution is -2.40. The van der Waals surface area contributed by atoms with E-state index in [1.54, 1.807) is 47.9 Å². The molecule has 0 fully saturated rings. The second-order valence-electron chi connectivity index (χ2n) is 9.41. The van der Waals surface area contributed by atoms with Gasteiger partial charge in [-0.05, 0) is 67.4 Å². The second-order valence-corrected chi connectivity index (χ2v) is 10.4. The van der Waals surface area contributed by atoms with Crippen LogP contribution in [0.2, 0.25) is 0 Å². The fourth-order valence-electron chi connectivity index (χ4n) is 4.72. The fourth-order valence-corrected chi connectivity index (χ4v) is 5.77. The summed E-state index contributed by atoms with van der Waals surface area (Å²) in [5.74, 6) is 0.516. The number of esters is 1. The lowest BCUT2D eigenvalue weighted by atomic mass is 9.95. The molecule has 0 bridgehead atoms. The smallest absolute Gasteiger partial charge is 0.308 e. The van der Waals surface area contributed by atoms with Crippen LogP contribution in [-0.2, 0) is 9.59 Å². The molecule has 214 valence electrons. The minimum atomic E-state index is -0.719. The van der Waals surface area contributed by atoms with Gasteiger partial charge in [0.25, 0.3) is 11.5 Å². The van der Waals surface area contributed by atoms with E-state index in [9.17, 15) is 14.4 Å². The Balaban J connectivity index is 1.63. The number of nitrogens with zero attached hydrogens (tertiary/aromatic N) is 2. The predicted molar refractivity (Wildman–Crippen MR) is 161 cm³/mol. The molecule has 1 aliphatic rings. The quantitative estimate of drug-likeness (QED) is 0.246. The highest BCUT2D eigenvalue weighted by Gasteiger charge is 2.32. The van der Waals surface area contributed by atoms with Gasteiger partial charge in [-0.25, -0.2) is 4.99 Å². The minimum absolute atomic E-state index is 0.281. The highest BCUT2D eigenvalue weighted by atomic mass is 32.1. The zero-order chi connectivity index (χ0) is 29.8. The monoisotopic (exact) mass is 583 g/mol. The van der Waals surface area contributed by atoms with E-state index < -0.39 is 12.0 Å². The lowest BCUT2D eigenvalue weighted by molar-refractivity contribution is -0.132. The summed E-state index contributed by atoms with van der Waals surface area (Å²) in [5.41, 5.74) is 2.64. The van der Waals surface area contributed by atoms with Crippen LogP contribution >= 0.6 is 11.3 Å². The van der Waals surface area contributed by atoms with Gasteiger partial charge in [0.1, 0.15) is 5.75 Å². The summed E-state index contributed by atoms with van der Waals surface area (Å²) in [7, 11) is 1.47. The number of allylic oxidation sites excluding steroid dienone is 1. The van der Waals surface area contributed by atoms with E-state index >= 15 is 0 Å². The average molecular weight is 584 g/mol. The summed E-state index contributed by atoms with van der Waals surface area (Å²) in [4.78, 5) is 44.3. The number of methoxy groups -OCH3 is 1. The molecule has 1 atom stereocenters. The van der Waals surface area contributed by atoms with E-state index in [2.05, 4.69) is 10.3 Å². The van der Waals surface area contributed by atoms with Gasteiger partial charge in [-0.2, -0.15) is 0 Å². The largest absolute Gasteiger partial charge is 0.494 e. The van der Waals surface area contributed by atoms with Crippen LogP contribution in [0.5, 0.6) is 17.2 Å². The molecule has 1 N–H and O–H groups in total. The Morgan fingerprint density at radius 2 is 1.79 bits per heavy atom. The Morgan fingerprint density at radius 1 is 1.05 bits per heavy atom. The molecule has 0 saturated carbocycles. The van der Waals surface area contributed by atoms with Crippen molar-refractivity contribution in [3.8, 4) is 17.2 Å². The Labute approximate surface area is 246 Å². The molecule has 10 heteroatoms. The Kier molecular flexibility index (Phi) is 8.35. The van der Waals surface area contributed by atoms with Crippen molar-refractivity contribution >= 4 is 35.0 Å². The van der Waals surface area contributed by atoms with Crippen molar-refractivity contribution in [1.82, 2.24) is 4.57 Å². The highest BCUT2D eigenvalue weighted by Crippen LogP contribution is 2.32. The normalized spacial score (nSPS) is 14.6. The topological polar surface area (TPSA) is 108 Å². The molecule has 9 nitrogen and oxygen atoms in total. The molecule has 0 radical (unpaired) electrons. The first-order valence-electron chi connectivity index (χ1n) is 13.3. The number of anilines is 1. The second kappa shape index (κ2) is 12.3. The maximum atomic E-state index is 14.0. The fraction of sp³-hybridized carbons (Fsp3) is 0.188. The number of hydrogen-bond acceptors (Lipinski definition) is 8. The van der Waals surface area contributed by atoms with Crippen LogP contribution in [0.25, 0.3) is 6.08 Å². The van der Waals surface area contributed by atoms with Crippen LogP contribution < -0.4 is 34.4 Å². The summed E-state index contributed by atoms with van der Waals surface area (Å²) in [6.07, 6.45) is 1.72. The van der Waals surface area contributed by atoms with Crippen LogP contribution in [-0.4, -0.2) is 30.2 Å². The third-order valence-electron chi connectivity index (χ3n) is 6.54. The van der Waals surface area contributed by atoms with Gasteiger partial charge in [-0.15, -0.1) is 0 Å². The maximum absolute atomic E-state index is 14.0. The number of aromatic nitrogens is 1. The first-order chi connectivity index (χ1) is 20.3. The van der Waals surface area contributed by atoms with E-state index in [-0.39, 0.29) is 17.2 Å². The molecule has 1 amide bonds. The van der Waals surface area contributed by atoms with Gasteiger partial charge in [-0.1, -0.05) is 47.7 Å². The summed E-state index contributed by atoms with van der Waals surface area (Å²) < 4.78 is 18.2. The number of nitrogens with one attached hydrogen (secondary N) is 1. The molecule has 3 aromatic carbocycles. The van der Waals surface area contributed by atoms with E-state index in [1.807, 2.05) is 49.4 Å². The van der Waals surface area contributed by atoms with Gasteiger partial charge in [0, 0.05) is 12.6 Å². The number of fused-ring (bicyclic) bond motifs is 1. The standard InChI is InChI=1S/C32H29N3O6S/c1-5-40-24-14-12-22(13-15-24)29-28(30(37)34-23-9-7-6-8-10-23)19(2)33-32-35(29)31(38)27(42-32)18-21-11-16-25(41-20(3)36)26(17-21)39-4/h6-18,29H,5H2,1-4H3,(H,34,37)/b27-18-/t29-/m1/s1. The molecule has 0 spiro atoms. The molecule has 1 aliphatic heterocycles. The van der Waals surface area contributed by atoms with Crippen LogP contribution in [0.4, 0.5) is 5.69 Å². The molecule has 0 aliphatic carbocycles. The third-order valence-corrected chi connectivity index (χ3v) is 7.53. The number of rotatable bonds is 8. The van der Waals surface area contributed by atoms with Gasteiger partial charge in [0.2, 0.25) is 0 Å². The third kappa shape index (κ3) is 5.89. The first kappa shape index (κ1) is 28.6. The minimum Gasteiger partial charge on any atom is -0.494 e. The molecular weight excluding hydrogens is 554 g/mol. The van der Waals surface area contributed by atoms with Gasteiger partial charge in [0.05, 0.1) is 35.6 Å². The van der Waals surface area contributed by atoms with Crippen molar-refractivity contribution < 1.29 is 23.8 Å². The predicted octanol–water partition coefficient (Wildman–Crippen LogP) is 4.21. The summed E-state index contributed by atoms with van der Waals surface area (Å²) in [6, 6.07) is 20.8. The van der Waals surface area contributed by atoms with Crippen molar-refractivity contribution in [3.05, 3.63) is 115 Å². The van der Waals surface area contributed by atoms with E-state index in [0.29, 0.717) is 50.0 Å². The van der Waals surface area contributed by atoms with Gasteiger partial charge >= 0.3 is 5.97 Å². The van der Waals surface area contributed by atoms with Crippen molar-refractivity contribution in [2.45, 2.75) is 26.8 Å². The number of amides is 1. The summed E-state index contributed by atoms with van der Waals surface area (Å²) in [5, 5.41) is 2.95. The Bertz CT molecular complexity index is 1860. The number of carbonyl (C=O) groups is 2. The van der Waals surface area contributed by atoms with Crippen LogP contribution in [0.3, 0.4) is 0 Å². The number of carbonyl (C=O) groups excluding carboxylic acids is 2. The van der Waals surface area contributed by atoms with Gasteiger partial charge in [-0.3, -0.25) is 19.0 Å². The average Bonchev–Trinajstić information content (AvgIpc) is 3.27. The van der Waals surface area contributed by atoms with Crippen molar-refractivity contribution in [1.29, 1.82) is 0 Å². The molecule has 0 unspecified atom stereocenters. The molecular formula is C32H29N3O6S. The van der Waals surface area contributed by atoms with E-state index in [0.717, 1.165) is 5.56 Å². The first-order valence-corrected chi connectivity index (χ1v) is 14.1. The zero-order valence-electron chi connectivity index (χ0n) is 23.5. The molecule has 2 heterocycles. The highest BCUT2D eigenvalue weighted by molar-refractivity contribution is 7.07. The van der Waals surface area contributed by atoms with Gasteiger partial charge in [0.15, 0.2) is 16.3 Å². The molecule has 0 saturated heterocycles. The van der Waals surface area contributed by atoms with Crippen LogP contribution in [0.1, 0.15) is 37.9 Å². The number of hydrogen-bond donors (Lipinski definition) is 1. The molecule has 5 rings (SSSR count). The summed E-state index contributed by atoms with van der Waals surface area (Å²) in [6.45, 7) is 5.51. The molecule has 42 heavy (non-hydrogen) atoms. The van der Waals surface area contributed by atoms with Crippen LogP contribution in [0.15, 0.2) is 93.9 Å². The zero-order valence-corrected chi connectivity index (χ0v) is 24.4. The number of benzene rings is 3. The Morgan fingerprint density at radius 3 is 2.45 bits per heavy atom. The number of para-hydroxylation sites is 1. The number of thiazole rings is 1. The molecule has 4 aromatic rings. The molecule has 1 aromatic heterocycles. The number of ether oxygens (including phenoxy) is 3. The van der Waals surface area contributed by atoms with Crippen molar-refractivity contribution in [3.63, 3.8) is 0 Å².